The highest BCUT2D eigenvalue weighted by Gasteiger charge is 2.31. The average Bonchev–Trinajstić information content (AvgIpc) is 2.35. The third kappa shape index (κ3) is 9.16. The molecule has 0 aliphatic heterocycles. The molecule has 0 fully saturated rings. The molecule has 0 aromatic rings. The maximum absolute atomic E-state index is 6.07. The molecule has 4 heteroatoms. The number of rotatable bonds is 12. The van der Waals surface area contributed by atoms with E-state index in [9.17, 15) is 0 Å². The summed E-state index contributed by atoms with van der Waals surface area (Å²) in [7, 11) is -1.53. The van der Waals surface area contributed by atoms with Crippen molar-refractivity contribution in [3.8, 4) is 0 Å². The first-order valence-electron chi connectivity index (χ1n) is 6.90. The van der Waals surface area contributed by atoms with Gasteiger partial charge in [0.05, 0.1) is 26.4 Å². The number of ether oxygens (including phenoxy) is 2. The summed E-state index contributed by atoms with van der Waals surface area (Å²) in [5, 5.41) is 0. The lowest BCUT2D eigenvalue weighted by Gasteiger charge is -2.34. The first kappa shape index (κ1) is 18.6. The Balaban J connectivity index is 4.53. The van der Waals surface area contributed by atoms with Gasteiger partial charge in [-0.15, -0.1) is 13.2 Å². The average molecular weight is 286 g/mol. The summed E-state index contributed by atoms with van der Waals surface area (Å²) >= 11 is 0. The Bertz CT molecular complexity index is 245. The lowest BCUT2D eigenvalue weighted by Crippen LogP contribution is -2.41. The van der Waals surface area contributed by atoms with E-state index >= 15 is 0 Å². The standard InChI is InChI=1S/C15H30O3Si/c1-7-10-16-12-15(9-3,13-17-11-8-2)14-18-19(4,5)6/h7-8H,1-2,9-14H2,3-6H3. The Morgan fingerprint density at radius 2 is 1.42 bits per heavy atom. The lowest BCUT2D eigenvalue weighted by atomic mass is 9.88. The van der Waals surface area contributed by atoms with Crippen molar-refractivity contribution in [3.63, 3.8) is 0 Å². The zero-order valence-corrected chi connectivity index (χ0v) is 14.0. The van der Waals surface area contributed by atoms with E-state index in [0.29, 0.717) is 33.0 Å². The molecule has 0 aromatic carbocycles. The minimum atomic E-state index is -1.53. The maximum Gasteiger partial charge on any atom is 0.183 e. The van der Waals surface area contributed by atoms with Crippen molar-refractivity contribution in [2.75, 3.05) is 33.0 Å². The summed E-state index contributed by atoms with van der Waals surface area (Å²) in [6.07, 6.45) is 4.50. The maximum atomic E-state index is 6.07. The van der Waals surface area contributed by atoms with E-state index in [1.165, 1.54) is 0 Å². The van der Waals surface area contributed by atoms with E-state index in [1.807, 2.05) is 0 Å². The fourth-order valence-electron chi connectivity index (χ4n) is 1.52. The van der Waals surface area contributed by atoms with Gasteiger partial charge in [0.1, 0.15) is 0 Å². The van der Waals surface area contributed by atoms with Gasteiger partial charge in [0, 0.05) is 12.0 Å². The van der Waals surface area contributed by atoms with Crippen LogP contribution >= 0.6 is 0 Å². The number of hydrogen-bond donors (Lipinski definition) is 0. The van der Waals surface area contributed by atoms with Crippen LogP contribution in [0.25, 0.3) is 0 Å². The van der Waals surface area contributed by atoms with Crippen LogP contribution in [0.5, 0.6) is 0 Å². The summed E-state index contributed by atoms with van der Waals surface area (Å²) in [6, 6.07) is 0. The Morgan fingerprint density at radius 1 is 0.947 bits per heavy atom. The number of hydrogen-bond acceptors (Lipinski definition) is 3. The second-order valence-corrected chi connectivity index (χ2v) is 10.4. The van der Waals surface area contributed by atoms with Gasteiger partial charge in [-0.1, -0.05) is 19.1 Å². The van der Waals surface area contributed by atoms with Crippen molar-refractivity contribution in [1.82, 2.24) is 0 Å². The van der Waals surface area contributed by atoms with Crippen LogP contribution in [0.1, 0.15) is 13.3 Å². The van der Waals surface area contributed by atoms with Crippen LogP contribution in [0.15, 0.2) is 25.3 Å². The third-order valence-electron chi connectivity index (χ3n) is 2.85. The molecule has 19 heavy (non-hydrogen) atoms. The van der Waals surface area contributed by atoms with E-state index in [-0.39, 0.29) is 5.41 Å². The van der Waals surface area contributed by atoms with Crippen LogP contribution in [-0.4, -0.2) is 41.4 Å². The first-order valence-corrected chi connectivity index (χ1v) is 10.3. The van der Waals surface area contributed by atoms with Crippen molar-refractivity contribution < 1.29 is 13.9 Å². The van der Waals surface area contributed by atoms with Gasteiger partial charge in [-0.25, -0.2) is 0 Å². The van der Waals surface area contributed by atoms with Crippen LogP contribution in [-0.2, 0) is 13.9 Å². The second-order valence-electron chi connectivity index (χ2n) is 5.86. The van der Waals surface area contributed by atoms with Crippen molar-refractivity contribution in [1.29, 1.82) is 0 Å². The van der Waals surface area contributed by atoms with Gasteiger partial charge in [0.2, 0.25) is 0 Å². The molecule has 0 aromatic heterocycles. The van der Waals surface area contributed by atoms with Crippen LogP contribution in [0, 0.1) is 5.41 Å². The largest absolute Gasteiger partial charge is 0.417 e. The molecule has 0 radical (unpaired) electrons. The van der Waals surface area contributed by atoms with Gasteiger partial charge >= 0.3 is 0 Å². The van der Waals surface area contributed by atoms with E-state index in [1.54, 1.807) is 12.2 Å². The quantitative estimate of drug-likeness (QED) is 0.311. The second kappa shape index (κ2) is 9.48. The molecule has 0 rings (SSSR count). The minimum Gasteiger partial charge on any atom is -0.417 e. The Labute approximate surface area is 119 Å². The van der Waals surface area contributed by atoms with E-state index in [2.05, 4.69) is 39.7 Å². The van der Waals surface area contributed by atoms with E-state index in [4.69, 9.17) is 13.9 Å². The molecule has 0 bridgehead atoms. The van der Waals surface area contributed by atoms with Crippen LogP contribution in [0.3, 0.4) is 0 Å². The summed E-state index contributed by atoms with van der Waals surface area (Å²) < 4.78 is 17.4. The van der Waals surface area contributed by atoms with Gasteiger partial charge in [0.25, 0.3) is 0 Å². The summed E-state index contributed by atoms with van der Waals surface area (Å²) in [5.41, 5.74) is -0.0771. The molecule has 0 aliphatic rings. The third-order valence-corrected chi connectivity index (χ3v) is 3.86. The highest BCUT2D eigenvalue weighted by Crippen LogP contribution is 2.25. The van der Waals surface area contributed by atoms with Crippen molar-refractivity contribution >= 4 is 8.32 Å². The monoisotopic (exact) mass is 286 g/mol. The molecule has 112 valence electrons. The fraction of sp³-hybridized carbons (Fsp3) is 0.733. The van der Waals surface area contributed by atoms with Gasteiger partial charge in [-0.2, -0.15) is 0 Å². The Hall–Kier alpha value is -0.423. The van der Waals surface area contributed by atoms with Gasteiger partial charge in [0.15, 0.2) is 8.32 Å². The van der Waals surface area contributed by atoms with Gasteiger partial charge in [-0.3, -0.25) is 0 Å². The molecule has 0 amide bonds. The van der Waals surface area contributed by atoms with E-state index < -0.39 is 8.32 Å². The molecule has 0 saturated heterocycles. The highest BCUT2D eigenvalue weighted by atomic mass is 28.4. The molecule has 0 atom stereocenters. The van der Waals surface area contributed by atoms with Crippen molar-refractivity contribution in [2.24, 2.45) is 5.41 Å². The van der Waals surface area contributed by atoms with Gasteiger partial charge < -0.3 is 13.9 Å². The van der Waals surface area contributed by atoms with Crippen molar-refractivity contribution in [3.05, 3.63) is 25.3 Å². The van der Waals surface area contributed by atoms with Crippen molar-refractivity contribution in [2.45, 2.75) is 33.0 Å². The highest BCUT2D eigenvalue weighted by molar-refractivity contribution is 6.69. The summed E-state index contributed by atoms with van der Waals surface area (Å²) in [4.78, 5) is 0. The molecule has 0 spiro atoms. The fourth-order valence-corrected chi connectivity index (χ4v) is 2.26. The van der Waals surface area contributed by atoms with Crippen LogP contribution in [0.2, 0.25) is 19.6 Å². The predicted molar refractivity (Wildman–Crippen MR) is 84.1 cm³/mol. The van der Waals surface area contributed by atoms with E-state index in [0.717, 1.165) is 6.42 Å². The zero-order valence-electron chi connectivity index (χ0n) is 13.0. The lowest BCUT2D eigenvalue weighted by molar-refractivity contribution is -0.0382. The van der Waals surface area contributed by atoms with Crippen LogP contribution < -0.4 is 0 Å². The summed E-state index contributed by atoms with van der Waals surface area (Å²) in [6.45, 7) is 19.2. The molecule has 0 heterocycles. The Kier molecular flexibility index (Phi) is 9.26. The molecule has 0 aliphatic carbocycles. The normalized spacial score (nSPS) is 12.4. The van der Waals surface area contributed by atoms with Crippen LogP contribution in [0.4, 0.5) is 0 Å². The first-order chi connectivity index (χ1) is 8.89. The summed E-state index contributed by atoms with van der Waals surface area (Å²) in [5.74, 6) is 0. The van der Waals surface area contributed by atoms with Gasteiger partial charge in [-0.05, 0) is 26.1 Å². The predicted octanol–water partition coefficient (Wildman–Crippen LogP) is 3.64. The SMILES string of the molecule is C=CCOCC(CC)(COCC=C)CO[Si](C)(C)C. The molecule has 0 unspecified atom stereocenters. The smallest absolute Gasteiger partial charge is 0.183 e. The molecule has 3 nitrogen and oxygen atoms in total. The zero-order chi connectivity index (χ0) is 14.8. The minimum absolute atomic E-state index is 0.0771. The molecular formula is C15H30O3Si. The Morgan fingerprint density at radius 3 is 1.74 bits per heavy atom. The topological polar surface area (TPSA) is 27.7 Å². The molecule has 0 N–H and O–H groups in total. The molecular weight excluding hydrogens is 256 g/mol. The molecule has 0 saturated carbocycles.